The first-order valence-electron chi connectivity index (χ1n) is 9.60. The SMILES string of the molecule is CCCn1c(S[C@H](C)C(=O)N2CCCC2)nc2sc3c(c2c1=O)CCC3. The highest BCUT2D eigenvalue weighted by Crippen LogP contribution is 2.36. The minimum atomic E-state index is -0.215. The molecule has 0 bridgehead atoms. The topological polar surface area (TPSA) is 55.2 Å². The molecular weight excluding hydrogens is 366 g/mol. The van der Waals surface area contributed by atoms with E-state index in [1.165, 1.54) is 22.2 Å². The van der Waals surface area contributed by atoms with Crippen LogP contribution < -0.4 is 5.56 Å². The molecule has 4 rings (SSSR count). The Morgan fingerprint density at radius 3 is 2.77 bits per heavy atom. The van der Waals surface area contributed by atoms with E-state index in [9.17, 15) is 9.59 Å². The van der Waals surface area contributed by atoms with Crippen LogP contribution in [0.15, 0.2) is 9.95 Å². The van der Waals surface area contributed by atoms with Crippen LogP contribution in [0.1, 0.15) is 50.0 Å². The number of nitrogens with zero attached hydrogens (tertiary/aromatic N) is 3. The molecule has 0 N–H and O–H groups in total. The first-order valence-corrected chi connectivity index (χ1v) is 11.3. The van der Waals surface area contributed by atoms with E-state index in [2.05, 4.69) is 6.92 Å². The van der Waals surface area contributed by atoms with Crippen molar-refractivity contribution in [3.05, 3.63) is 20.8 Å². The number of likely N-dealkylation sites (tertiary alicyclic amines) is 1. The highest BCUT2D eigenvalue weighted by molar-refractivity contribution is 8.00. The summed E-state index contributed by atoms with van der Waals surface area (Å²) in [5.41, 5.74) is 1.31. The standard InChI is InChI=1S/C19H25N3O2S2/c1-3-9-22-18(24)15-13-7-6-8-14(13)26-16(15)20-19(22)25-12(2)17(23)21-10-4-5-11-21/h12H,3-11H2,1-2H3/t12-/m1/s1. The predicted molar refractivity (Wildman–Crippen MR) is 107 cm³/mol. The summed E-state index contributed by atoms with van der Waals surface area (Å²) in [5, 5.41) is 1.32. The third-order valence-corrected chi connectivity index (χ3v) is 7.55. The molecule has 2 aliphatic rings. The largest absolute Gasteiger partial charge is 0.342 e. The highest BCUT2D eigenvalue weighted by Gasteiger charge is 2.27. The molecular formula is C19H25N3O2S2. The van der Waals surface area contributed by atoms with Crippen molar-refractivity contribution in [3.63, 3.8) is 0 Å². The lowest BCUT2D eigenvalue weighted by Crippen LogP contribution is -2.34. The van der Waals surface area contributed by atoms with Gasteiger partial charge in [-0.3, -0.25) is 14.2 Å². The number of aromatic nitrogens is 2. The van der Waals surface area contributed by atoms with Crippen molar-refractivity contribution in [2.24, 2.45) is 0 Å². The van der Waals surface area contributed by atoms with E-state index in [-0.39, 0.29) is 16.7 Å². The van der Waals surface area contributed by atoms with Crippen LogP contribution in [0, 0.1) is 0 Å². The fourth-order valence-corrected chi connectivity index (χ4v) is 6.29. The number of hydrogen-bond acceptors (Lipinski definition) is 5. The van der Waals surface area contributed by atoms with Crippen LogP contribution in [0.4, 0.5) is 0 Å². The number of thiophene rings is 1. The van der Waals surface area contributed by atoms with Crippen LogP contribution in [0.5, 0.6) is 0 Å². The fraction of sp³-hybridized carbons (Fsp3) is 0.632. The van der Waals surface area contributed by atoms with E-state index in [1.54, 1.807) is 15.9 Å². The van der Waals surface area contributed by atoms with Gasteiger partial charge < -0.3 is 4.90 Å². The van der Waals surface area contributed by atoms with Gasteiger partial charge in [-0.2, -0.15) is 0 Å². The summed E-state index contributed by atoms with van der Waals surface area (Å²) in [4.78, 5) is 34.8. The number of aryl methyl sites for hydroxylation is 2. The van der Waals surface area contributed by atoms with Crippen molar-refractivity contribution in [3.8, 4) is 0 Å². The molecule has 1 aliphatic carbocycles. The monoisotopic (exact) mass is 391 g/mol. The lowest BCUT2D eigenvalue weighted by atomic mass is 10.2. The van der Waals surface area contributed by atoms with Crippen LogP contribution in [-0.4, -0.2) is 38.7 Å². The van der Waals surface area contributed by atoms with Gasteiger partial charge in [0.1, 0.15) is 4.83 Å². The molecule has 2 aromatic heterocycles. The number of amides is 1. The third kappa shape index (κ3) is 3.09. The number of carbonyl (C=O) groups is 1. The minimum Gasteiger partial charge on any atom is -0.342 e. The molecule has 7 heteroatoms. The summed E-state index contributed by atoms with van der Waals surface area (Å²) in [7, 11) is 0. The summed E-state index contributed by atoms with van der Waals surface area (Å²) in [5.74, 6) is 0.165. The Hall–Kier alpha value is -1.34. The van der Waals surface area contributed by atoms with Crippen molar-refractivity contribution < 1.29 is 4.79 Å². The van der Waals surface area contributed by atoms with Crippen LogP contribution in [0.25, 0.3) is 10.2 Å². The van der Waals surface area contributed by atoms with E-state index < -0.39 is 0 Å². The van der Waals surface area contributed by atoms with Gasteiger partial charge in [-0.05, 0) is 51.0 Å². The molecule has 1 saturated heterocycles. The Labute approximate surface area is 161 Å². The van der Waals surface area contributed by atoms with E-state index in [0.29, 0.717) is 11.7 Å². The second kappa shape index (κ2) is 7.35. The first-order chi connectivity index (χ1) is 12.6. The van der Waals surface area contributed by atoms with Gasteiger partial charge in [0.15, 0.2) is 5.16 Å². The van der Waals surface area contributed by atoms with Gasteiger partial charge in [0, 0.05) is 24.5 Å². The van der Waals surface area contributed by atoms with E-state index in [4.69, 9.17) is 4.98 Å². The summed E-state index contributed by atoms with van der Waals surface area (Å²) >= 11 is 3.11. The van der Waals surface area contributed by atoms with Gasteiger partial charge in [0.2, 0.25) is 5.91 Å². The number of carbonyl (C=O) groups excluding carboxylic acids is 1. The molecule has 1 atom stereocenters. The Bertz CT molecular complexity index is 896. The molecule has 0 unspecified atom stereocenters. The summed E-state index contributed by atoms with van der Waals surface area (Å²) in [6.45, 7) is 6.37. The molecule has 5 nitrogen and oxygen atoms in total. The molecule has 1 fully saturated rings. The molecule has 0 radical (unpaired) electrons. The average molecular weight is 392 g/mol. The number of rotatable bonds is 5. The third-order valence-electron chi connectivity index (χ3n) is 5.28. The zero-order valence-electron chi connectivity index (χ0n) is 15.4. The Kier molecular flexibility index (Phi) is 5.10. The fourth-order valence-electron chi connectivity index (χ4n) is 3.97. The van der Waals surface area contributed by atoms with Crippen molar-refractivity contribution in [1.82, 2.24) is 14.5 Å². The normalized spacial score (nSPS) is 17.8. The molecule has 0 saturated carbocycles. The molecule has 0 aromatic carbocycles. The molecule has 26 heavy (non-hydrogen) atoms. The molecule has 140 valence electrons. The van der Waals surface area contributed by atoms with Gasteiger partial charge in [-0.25, -0.2) is 4.98 Å². The smallest absolute Gasteiger partial charge is 0.263 e. The van der Waals surface area contributed by atoms with Crippen LogP contribution in [0.2, 0.25) is 0 Å². The quantitative estimate of drug-likeness (QED) is 0.579. The van der Waals surface area contributed by atoms with Crippen molar-refractivity contribution in [2.45, 2.75) is 69.3 Å². The summed E-state index contributed by atoms with van der Waals surface area (Å²) in [6.07, 6.45) is 6.26. The van der Waals surface area contributed by atoms with Crippen LogP contribution >= 0.6 is 23.1 Å². The van der Waals surface area contributed by atoms with E-state index >= 15 is 0 Å². The highest BCUT2D eigenvalue weighted by atomic mass is 32.2. The summed E-state index contributed by atoms with van der Waals surface area (Å²) in [6, 6.07) is 0. The first kappa shape index (κ1) is 18.0. The number of thioether (sulfide) groups is 1. The van der Waals surface area contributed by atoms with Gasteiger partial charge in [0.25, 0.3) is 5.56 Å². The molecule has 1 amide bonds. The zero-order valence-corrected chi connectivity index (χ0v) is 17.0. The molecule has 1 aliphatic heterocycles. The lowest BCUT2D eigenvalue weighted by molar-refractivity contribution is -0.129. The van der Waals surface area contributed by atoms with Crippen molar-refractivity contribution in [2.75, 3.05) is 13.1 Å². The maximum atomic E-state index is 13.2. The molecule has 2 aromatic rings. The average Bonchev–Trinajstić information content (AvgIpc) is 3.33. The van der Waals surface area contributed by atoms with E-state index in [0.717, 1.165) is 61.8 Å². The predicted octanol–water partition coefficient (Wildman–Crippen LogP) is 3.46. The number of hydrogen-bond donors (Lipinski definition) is 0. The zero-order chi connectivity index (χ0) is 18.3. The van der Waals surface area contributed by atoms with Crippen molar-refractivity contribution in [1.29, 1.82) is 0 Å². The maximum absolute atomic E-state index is 13.2. The molecule has 0 spiro atoms. The van der Waals surface area contributed by atoms with Crippen LogP contribution in [0.3, 0.4) is 0 Å². The Balaban J connectivity index is 1.70. The van der Waals surface area contributed by atoms with E-state index in [1.807, 2.05) is 11.8 Å². The summed E-state index contributed by atoms with van der Waals surface area (Å²) < 4.78 is 1.80. The molecule has 3 heterocycles. The van der Waals surface area contributed by atoms with Gasteiger partial charge >= 0.3 is 0 Å². The van der Waals surface area contributed by atoms with Gasteiger partial charge in [-0.1, -0.05) is 18.7 Å². The minimum absolute atomic E-state index is 0.0829. The van der Waals surface area contributed by atoms with Crippen LogP contribution in [-0.2, 0) is 24.2 Å². The Morgan fingerprint density at radius 1 is 1.27 bits per heavy atom. The second-order valence-electron chi connectivity index (χ2n) is 7.18. The second-order valence-corrected chi connectivity index (χ2v) is 9.57. The van der Waals surface area contributed by atoms with Crippen molar-refractivity contribution >= 4 is 39.2 Å². The van der Waals surface area contributed by atoms with Gasteiger partial charge in [0.05, 0.1) is 10.6 Å². The number of fused-ring (bicyclic) bond motifs is 3. The maximum Gasteiger partial charge on any atom is 0.263 e. The lowest BCUT2D eigenvalue weighted by Gasteiger charge is -2.20. The van der Waals surface area contributed by atoms with Gasteiger partial charge in [-0.15, -0.1) is 11.3 Å². The Morgan fingerprint density at radius 2 is 2.04 bits per heavy atom.